The Morgan fingerprint density at radius 3 is 2.62 bits per heavy atom. The lowest BCUT2D eigenvalue weighted by Crippen LogP contribution is -2.42. The molecule has 0 radical (unpaired) electrons. The molecule has 1 amide bonds. The molecular formula is C18H24ClN3OS. The van der Waals surface area contributed by atoms with Crippen LogP contribution in [0.15, 0.2) is 29.6 Å². The molecule has 1 atom stereocenters. The van der Waals surface area contributed by atoms with Crippen LogP contribution < -0.4 is 5.73 Å². The lowest BCUT2D eigenvalue weighted by molar-refractivity contribution is 0.0676. The number of halogens is 1. The molecule has 130 valence electrons. The van der Waals surface area contributed by atoms with Crippen LogP contribution in [0.2, 0.25) is 0 Å². The highest BCUT2D eigenvalue weighted by Crippen LogP contribution is 2.28. The number of nitrogens with two attached hydrogens (primary N) is 1. The van der Waals surface area contributed by atoms with Gasteiger partial charge in [-0.05, 0) is 38.2 Å². The van der Waals surface area contributed by atoms with Crippen LogP contribution in [0.5, 0.6) is 0 Å². The van der Waals surface area contributed by atoms with Crippen molar-refractivity contribution in [1.82, 2.24) is 9.88 Å². The van der Waals surface area contributed by atoms with E-state index in [2.05, 4.69) is 31.0 Å². The van der Waals surface area contributed by atoms with E-state index in [-0.39, 0.29) is 24.4 Å². The first-order chi connectivity index (χ1) is 11.1. The summed E-state index contributed by atoms with van der Waals surface area (Å²) in [4.78, 5) is 19.1. The molecular weight excluding hydrogens is 342 g/mol. The minimum Gasteiger partial charge on any atom is -0.337 e. The first-order valence-corrected chi connectivity index (χ1v) is 9.00. The highest BCUT2D eigenvalue weighted by atomic mass is 35.5. The summed E-state index contributed by atoms with van der Waals surface area (Å²) in [6.07, 6.45) is 1.97. The molecule has 2 N–H and O–H groups in total. The third-order valence-corrected chi connectivity index (χ3v) is 5.54. The number of likely N-dealkylation sites (tertiary alicyclic amines) is 1. The van der Waals surface area contributed by atoms with Crippen molar-refractivity contribution < 1.29 is 4.79 Å². The van der Waals surface area contributed by atoms with E-state index in [1.54, 1.807) is 0 Å². The zero-order valence-electron chi connectivity index (χ0n) is 14.1. The molecule has 1 fully saturated rings. The van der Waals surface area contributed by atoms with Gasteiger partial charge in [-0.3, -0.25) is 4.79 Å². The quantitative estimate of drug-likeness (QED) is 0.901. The molecule has 0 bridgehead atoms. The van der Waals surface area contributed by atoms with E-state index in [9.17, 15) is 4.79 Å². The second-order valence-electron chi connectivity index (χ2n) is 6.34. The summed E-state index contributed by atoms with van der Waals surface area (Å²) in [6.45, 7) is 5.68. The number of aromatic nitrogens is 1. The lowest BCUT2D eigenvalue weighted by atomic mass is 9.91. The van der Waals surface area contributed by atoms with Gasteiger partial charge in [-0.15, -0.1) is 23.7 Å². The van der Waals surface area contributed by atoms with Gasteiger partial charge in [0, 0.05) is 30.1 Å². The van der Waals surface area contributed by atoms with Crippen molar-refractivity contribution in [2.45, 2.75) is 32.7 Å². The normalized spacial score (nSPS) is 16.5. The number of hydrogen-bond donors (Lipinski definition) is 1. The van der Waals surface area contributed by atoms with Gasteiger partial charge in [0.05, 0.1) is 0 Å². The Hall–Kier alpha value is -1.43. The fraction of sp³-hybridized carbons (Fsp3) is 0.444. The smallest absolute Gasteiger partial charge is 0.273 e. The predicted molar refractivity (Wildman–Crippen MR) is 102 cm³/mol. The minimum atomic E-state index is 0. The summed E-state index contributed by atoms with van der Waals surface area (Å²) >= 11 is 1.54. The molecule has 1 aromatic heterocycles. The molecule has 4 nitrogen and oxygen atoms in total. The molecule has 2 heterocycles. The fourth-order valence-corrected chi connectivity index (χ4v) is 3.98. The number of carbonyl (C=O) groups excluding carboxylic acids is 1. The predicted octanol–water partition coefficient (Wildman–Crippen LogP) is 3.74. The van der Waals surface area contributed by atoms with Gasteiger partial charge in [0.25, 0.3) is 5.91 Å². The summed E-state index contributed by atoms with van der Waals surface area (Å²) in [5.41, 5.74) is 8.81. The van der Waals surface area contributed by atoms with Crippen molar-refractivity contribution >= 4 is 29.7 Å². The van der Waals surface area contributed by atoms with Gasteiger partial charge in [0.15, 0.2) is 0 Å². The number of amides is 1. The average molecular weight is 366 g/mol. The topological polar surface area (TPSA) is 59.2 Å². The molecule has 1 aliphatic heterocycles. The second kappa shape index (κ2) is 8.10. The van der Waals surface area contributed by atoms with E-state index in [1.165, 1.54) is 16.9 Å². The Morgan fingerprint density at radius 1 is 1.33 bits per heavy atom. The monoisotopic (exact) mass is 365 g/mol. The second-order valence-corrected chi connectivity index (χ2v) is 7.20. The Labute approximate surface area is 153 Å². The zero-order valence-corrected chi connectivity index (χ0v) is 15.7. The summed E-state index contributed by atoms with van der Waals surface area (Å²) in [5, 5.41) is 2.79. The minimum absolute atomic E-state index is 0. The van der Waals surface area contributed by atoms with Crippen molar-refractivity contribution in [3.05, 3.63) is 40.9 Å². The Balaban J connectivity index is 0.00000208. The number of rotatable bonds is 3. The van der Waals surface area contributed by atoms with Gasteiger partial charge < -0.3 is 10.6 Å². The molecule has 1 aliphatic rings. The highest BCUT2D eigenvalue weighted by molar-refractivity contribution is 7.13. The molecule has 0 saturated carbocycles. The molecule has 1 unspecified atom stereocenters. The maximum Gasteiger partial charge on any atom is 0.273 e. The van der Waals surface area contributed by atoms with Gasteiger partial charge in [-0.25, -0.2) is 4.98 Å². The van der Waals surface area contributed by atoms with Gasteiger partial charge in [0.1, 0.15) is 10.7 Å². The van der Waals surface area contributed by atoms with Crippen molar-refractivity contribution in [3.8, 4) is 10.6 Å². The maximum absolute atomic E-state index is 12.6. The number of nitrogens with zero attached hydrogens (tertiary/aromatic N) is 2. The van der Waals surface area contributed by atoms with Gasteiger partial charge >= 0.3 is 0 Å². The number of thiazole rings is 1. The van der Waals surface area contributed by atoms with Crippen LogP contribution in [0.4, 0.5) is 0 Å². The number of benzene rings is 1. The van der Waals surface area contributed by atoms with Crippen LogP contribution >= 0.6 is 23.7 Å². The van der Waals surface area contributed by atoms with Crippen molar-refractivity contribution in [1.29, 1.82) is 0 Å². The molecule has 0 spiro atoms. The number of piperidine rings is 1. The largest absolute Gasteiger partial charge is 0.337 e. The SMILES string of the molecule is Cc1ccccc1-c1nc(C(=O)N2CCC(C(C)N)CC2)cs1.Cl. The van der Waals surface area contributed by atoms with Gasteiger partial charge in [0.2, 0.25) is 0 Å². The van der Waals surface area contributed by atoms with Crippen LogP contribution in [0, 0.1) is 12.8 Å². The summed E-state index contributed by atoms with van der Waals surface area (Å²) in [5.74, 6) is 0.571. The van der Waals surface area contributed by atoms with E-state index in [1.807, 2.05) is 22.4 Å². The third-order valence-electron chi connectivity index (χ3n) is 4.67. The van der Waals surface area contributed by atoms with Crippen LogP contribution in [0.3, 0.4) is 0 Å². The Bertz CT molecular complexity index is 693. The van der Waals surface area contributed by atoms with Crippen LogP contribution in [0.25, 0.3) is 10.6 Å². The summed E-state index contributed by atoms with van der Waals surface area (Å²) in [6, 6.07) is 8.35. The fourth-order valence-electron chi connectivity index (χ4n) is 3.10. The van der Waals surface area contributed by atoms with Gasteiger partial charge in [-0.2, -0.15) is 0 Å². The molecule has 3 rings (SSSR count). The molecule has 0 aliphatic carbocycles. The number of carbonyl (C=O) groups is 1. The van der Waals surface area contributed by atoms with E-state index >= 15 is 0 Å². The van der Waals surface area contributed by atoms with E-state index in [0.717, 1.165) is 36.5 Å². The third kappa shape index (κ3) is 3.97. The van der Waals surface area contributed by atoms with E-state index in [4.69, 9.17) is 5.73 Å². The first-order valence-electron chi connectivity index (χ1n) is 8.12. The molecule has 1 aromatic carbocycles. The number of hydrogen-bond acceptors (Lipinski definition) is 4. The van der Waals surface area contributed by atoms with Crippen molar-refractivity contribution in [2.24, 2.45) is 11.7 Å². The molecule has 6 heteroatoms. The van der Waals surface area contributed by atoms with E-state index in [0.29, 0.717) is 11.6 Å². The first kappa shape index (κ1) is 18.9. The highest BCUT2D eigenvalue weighted by Gasteiger charge is 2.26. The van der Waals surface area contributed by atoms with Crippen molar-refractivity contribution in [2.75, 3.05) is 13.1 Å². The standard InChI is InChI=1S/C18H23N3OS.ClH/c1-12-5-3-4-6-15(12)17-20-16(11-23-17)18(22)21-9-7-14(8-10-21)13(2)19;/h3-6,11,13-14H,7-10,19H2,1-2H3;1H. The molecule has 2 aromatic rings. The van der Waals surface area contributed by atoms with Crippen LogP contribution in [-0.2, 0) is 0 Å². The lowest BCUT2D eigenvalue weighted by Gasteiger charge is -2.33. The van der Waals surface area contributed by atoms with E-state index < -0.39 is 0 Å². The summed E-state index contributed by atoms with van der Waals surface area (Å²) in [7, 11) is 0. The Morgan fingerprint density at radius 2 is 2.00 bits per heavy atom. The molecule has 1 saturated heterocycles. The maximum atomic E-state index is 12.6. The average Bonchev–Trinajstić information content (AvgIpc) is 3.04. The number of aryl methyl sites for hydroxylation is 1. The molecule has 24 heavy (non-hydrogen) atoms. The van der Waals surface area contributed by atoms with Crippen molar-refractivity contribution in [3.63, 3.8) is 0 Å². The zero-order chi connectivity index (χ0) is 16.4. The van der Waals surface area contributed by atoms with Crippen LogP contribution in [0.1, 0.15) is 35.8 Å². The summed E-state index contributed by atoms with van der Waals surface area (Å²) < 4.78 is 0. The van der Waals surface area contributed by atoms with Crippen LogP contribution in [-0.4, -0.2) is 34.9 Å². The Kier molecular flexibility index (Phi) is 6.38. The van der Waals surface area contributed by atoms with Gasteiger partial charge in [-0.1, -0.05) is 24.3 Å².